The number of carbonyl (C=O) groups is 3. The number of terminal acetylenes is 2. The number of carboxylic acids is 1. The fourth-order valence-corrected chi connectivity index (χ4v) is 1.40. The van der Waals surface area contributed by atoms with E-state index in [1.807, 2.05) is 0 Å². The molecular formula is C14H17NO4. The molecule has 0 atom stereocenters. The summed E-state index contributed by atoms with van der Waals surface area (Å²) in [4.78, 5) is 34.9. The molecule has 102 valence electrons. The largest absolute Gasteiger partial charge is 0.480 e. The lowest BCUT2D eigenvalue weighted by atomic mass is 10.2. The Morgan fingerprint density at radius 3 is 1.68 bits per heavy atom. The molecule has 0 spiro atoms. The maximum absolute atomic E-state index is 11.8. The second kappa shape index (κ2) is 9.73. The van der Waals surface area contributed by atoms with E-state index in [0.717, 1.165) is 4.90 Å². The second-order valence-electron chi connectivity index (χ2n) is 3.88. The molecule has 0 unspecified atom stereocenters. The van der Waals surface area contributed by atoms with Gasteiger partial charge in [-0.05, 0) is 12.8 Å². The number of carbonyl (C=O) groups excluding carboxylic acids is 2. The van der Waals surface area contributed by atoms with Crippen LogP contribution in [0.15, 0.2) is 0 Å². The van der Waals surface area contributed by atoms with Gasteiger partial charge >= 0.3 is 5.97 Å². The van der Waals surface area contributed by atoms with Gasteiger partial charge in [-0.2, -0.15) is 0 Å². The Morgan fingerprint density at radius 1 is 0.947 bits per heavy atom. The van der Waals surface area contributed by atoms with E-state index < -0.39 is 24.3 Å². The summed E-state index contributed by atoms with van der Waals surface area (Å²) in [7, 11) is 0. The number of carboxylic acid groups (broad SMARTS) is 1. The molecule has 0 aromatic carbocycles. The maximum atomic E-state index is 11.8. The standard InChI is InChI=1S/C14H17NO4/c1-3-5-7-9-12(16)15(11-14(18)19)13(17)10-8-6-4-2/h1-2H,5-11H2,(H,18,19). The van der Waals surface area contributed by atoms with Gasteiger partial charge in [0, 0.05) is 25.7 Å². The van der Waals surface area contributed by atoms with E-state index in [9.17, 15) is 14.4 Å². The average Bonchev–Trinajstić information content (AvgIpc) is 2.36. The van der Waals surface area contributed by atoms with Crippen molar-refractivity contribution in [2.45, 2.75) is 38.5 Å². The first kappa shape index (κ1) is 16.7. The van der Waals surface area contributed by atoms with Crippen LogP contribution in [0.25, 0.3) is 0 Å². The van der Waals surface area contributed by atoms with Crippen molar-refractivity contribution in [3.63, 3.8) is 0 Å². The van der Waals surface area contributed by atoms with E-state index >= 15 is 0 Å². The highest BCUT2D eigenvalue weighted by molar-refractivity contribution is 5.97. The van der Waals surface area contributed by atoms with Crippen molar-refractivity contribution >= 4 is 17.8 Å². The number of rotatable bonds is 8. The molecule has 2 amide bonds. The Bertz CT molecular complexity index is 382. The van der Waals surface area contributed by atoms with E-state index in [2.05, 4.69) is 11.8 Å². The third-order valence-corrected chi connectivity index (χ3v) is 2.32. The lowest BCUT2D eigenvalue weighted by Crippen LogP contribution is -2.40. The quantitative estimate of drug-likeness (QED) is 0.524. The Kier molecular flexibility index (Phi) is 8.57. The zero-order valence-corrected chi connectivity index (χ0v) is 10.7. The van der Waals surface area contributed by atoms with E-state index in [4.69, 9.17) is 18.0 Å². The molecule has 5 nitrogen and oxygen atoms in total. The smallest absolute Gasteiger partial charge is 0.323 e. The molecule has 0 heterocycles. The van der Waals surface area contributed by atoms with Crippen LogP contribution in [-0.4, -0.2) is 34.3 Å². The molecule has 0 radical (unpaired) electrons. The van der Waals surface area contributed by atoms with E-state index in [-0.39, 0.29) is 12.8 Å². The van der Waals surface area contributed by atoms with Crippen molar-refractivity contribution in [1.29, 1.82) is 0 Å². The number of hydrogen-bond donors (Lipinski definition) is 1. The summed E-state index contributed by atoms with van der Waals surface area (Å²) in [6, 6.07) is 0. The number of hydrogen-bond acceptors (Lipinski definition) is 3. The van der Waals surface area contributed by atoms with Crippen LogP contribution in [0.2, 0.25) is 0 Å². The van der Waals surface area contributed by atoms with Gasteiger partial charge in [-0.25, -0.2) is 0 Å². The first-order chi connectivity index (χ1) is 9.02. The molecule has 0 aromatic heterocycles. The fourth-order valence-electron chi connectivity index (χ4n) is 1.40. The normalized spacial score (nSPS) is 9.16. The van der Waals surface area contributed by atoms with E-state index in [1.165, 1.54) is 0 Å². The Labute approximate surface area is 113 Å². The molecule has 0 aliphatic heterocycles. The van der Waals surface area contributed by atoms with Crippen LogP contribution in [0, 0.1) is 24.7 Å². The second-order valence-corrected chi connectivity index (χ2v) is 3.88. The van der Waals surface area contributed by atoms with Crippen LogP contribution in [0.1, 0.15) is 38.5 Å². The zero-order valence-electron chi connectivity index (χ0n) is 10.7. The van der Waals surface area contributed by atoms with Gasteiger partial charge in [0.25, 0.3) is 0 Å². The summed E-state index contributed by atoms with van der Waals surface area (Å²) in [6.45, 7) is -0.621. The summed E-state index contributed by atoms with van der Waals surface area (Å²) in [6.07, 6.45) is 11.9. The molecule has 0 aliphatic carbocycles. The van der Waals surface area contributed by atoms with Crippen molar-refractivity contribution in [3.05, 3.63) is 0 Å². The summed E-state index contributed by atoms with van der Waals surface area (Å²) < 4.78 is 0. The molecule has 19 heavy (non-hydrogen) atoms. The first-order valence-corrected chi connectivity index (χ1v) is 5.94. The van der Waals surface area contributed by atoms with E-state index in [1.54, 1.807) is 0 Å². The van der Waals surface area contributed by atoms with Crippen LogP contribution in [0.4, 0.5) is 0 Å². The molecule has 0 aromatic rings. The summed E-state index contributed by atoms with van der Waals surface area (Å²) in [5.74, 6) is 2.51. The third-order valence-electron chi connectivity index (χ3n) is 2.32. The number of nitrogens with zero attached hydrogens (tertiary/aromatic N) is 1. The van der Waals surface area contributed by atoms with Crippen LogP contribution in [0.3, 0.4) is 0 Å². The van der Waals surface area contributed by atoms with Gasteiger partial charge in [0.15, 0.2) is 0 Å². The lowest BCUT2D eigenvalue weighted by molar-refractivity contribution is -0.152. The maximum Gasteiger partial charge on any atom is 0.323 e. The predicted octanol–water partition coefficient (Wildman–Crippen LogP) is 1.03. The summed E-state index contributed by atoms with van der Waals surface area (Å²) >= 11 is 0. The highest BCUT2D eigenvalue weighted by Crippen LogP contribution is 2.06. The van der Waals surface area contributed by atoms with Gasteiger partial charge in [-0.1, -0.05) is 0 Å². The minimum atomic E-state index is -1.23. The van der Waals surface area contributed by atoms with Gasteiger partial charge < -0.3 is 5.11 Å². The molecule has 0 fully saturated rings. The van der Waals surface area contributed by atoms with Crippen molar-refractivity contribution in [1.82, 2.24) is 4.90 Å². The fraction of sp³-hybridized carbons (Fsp3) is 0.500. The third kappa shape index (κ3) is 7.62. The molecule has 5 heteroatoms. The van der Waals surface area contributed by atoms with Gasteiger partial charge in [0.05, 0.1) is 0 Å². The lowest BCUT2D eigenvalue weighted by Gasteiger charge is -2.18. The van der Waals surface area contributed by atoms with Crippen LogP contribution >= 0.6 is 0 Å². The monoisotopic (exact) mass is 263 g/mol. The van der Waals surface area contributed by atoms with Gasteiger partial charge in [0.1, 0.15) is 6.54 Å². The van der Waals surface area contributed by atoms with Crippen molar-refractivity contribution < 1.29 is 19.5 Å². The van der Waals surface area contributed by atoms with Gasteiger partial charge in [0.2, 0.25) is 11.8 Å². The van der Waals surface area contributed by atoms with Crippen LogP contribution < -0.4 is 0 Å². The molecule has 0 saturated carbocycles. The molecule has 0 bridgehead atoms. The highest BCUT2D eigenvalue weighted by Gasteiger charge is 2.22. The van der Waals surface area contributed by atoms with Crippen LogP contribution in [0.5, 0.6) is 0 Å². The Balaban J connectivity index is 4.48. The predicted molar refractivity (Wildman–Crippen MR) is 69.7 cm³/mol. The Hall–Kier alpha value is -2.27. The summed E-state index contributed by atoms with van der Waals surface area (Å²) in [5, 5.41) is 8.71. The topological polar surface area (TPSA) is 74.7 Å². The van der Waals surface area contributed by atoms with Crippen molar-refractivity contribution in [3.8, 4) is 24.7 Å². The van der Waals surface area contributed by atoms with Crippen molar-refractivity contribution in [2.24, 2.45) is 0 Å². The molecule has 0 aliphatic rings. The molecule has 0 rings (SSSR count). The number of amides is 2. The molecule has 0 saturated heterocycles. The highest BCUT2D eigenvalue weighted by atomic mass is 16.4. The Morgan fingerprint density at radius 2 is 1.37 bits per heavy atom. The number of imide groups is 1. The average molecular weight is 263 g/mol. The minimum absolute atomic E-state index is 0.0678. The van der Waals surface area contributed by atoms with Crippen LogP contribution in [-0.2, 0) is 14.4 Å². The SMILES string of the molecule is C#CCCCC(=O)N(CC(=O)O)C(=O)CCCC#C. The van der Waals surface area contributed by atoms with Gasteiger partial charge in [-0.15, -0.1) is 24.7 Å². The van der Waals surface area contributed by atoms with Crippen molar-refractivity contribution in [2.75, 3.05) is 6.54 Å². The zero-order chi connectivity index (χ0) is 14.7. The summed E-state index contributed by atoms with van der Waals surface area (Å²) in [5.41, 5.74) is 0. The van der Waals surface area contributed by atoms with E-state index in [0.29, 0.717) is 25.7 Å². The minimum Gasteiger partial charge on any atom is -0.480 e. The number of aliphatic carboxylic acids is 1. The molecule has 1 N–H and O–H groups in total. The first-order valence-electron chi connectivity index (χ1n) is 5.94. The van der Waals surface area contributed by atoms with Gasteiger partial charge in [-0.3, -0.25) is 19.3 Å². The molecular weight excluding hydrogens is 246 g/mol. The number of unbranched alkanes of at least 4 members (excludes halogenated alkanes) is 2.